The summed E-state index contributed by atoms with van der Waals surface area (Å²) in [6.45, 7) is 0.459. The van der Waals surface area contributed by atoms with Crippen molar-refractivity contribution in [2.45, 2.75) is 49.7 Å². The van der Waals surface area contributed by atoms with E-state index in [0.717, 1.165) is 36.6 Å². The molecule has 2 amide bonds. The molecule has 0 N–H and O–H groups in total. The van der Waals surface area contributed by atoms with E-state index in [9.17, 15) is 9.59 Å². The topological polar surface area (TPSA) is 81.0 Å². The van der Waals surface area contributed by atoms with Crippen molar-refractivity contribution in [3.05, 3.63) is 35.4 Å². The first kappa shape index (κ1) is 17.2. The number of fused-ring (bicyclic) bond motifs is 1. The van der Waals surface area contributed by atoms with Crippen LogP contribution in [0.3, 0.4) is 0 Å². The zero-order chi connectivity index (χ0) is 17.9. The Balaban J connectivity index is 1.25. The number of aromatic nitrogens is 4. The van der Waals surface area contributed by atoms with Crippen molar-refractivity contribution in [2.75, 3.05) is 12.3 Å². The number of unbranched alkanes of at least 4 members (excludes halogenated alkanes) is 1. The lowest BCUT2D eigenvalue weighted by molar-refractivity contribution is 0.0652. The molecular formula is C18H21N5O2S. The first-order valence-corrected chi connectivity index (χ1v) is 10.1. The Morgan fingerprint density at radius 3 is 2.42 bits per heavy atom. The van der Waals surface area contributed by atoms with Gasteiger partial charge in [-0.05, 0) is 48.2 Å². The summed E-state index contributed by atoms with van der Waals surface area (Å²) in [4.78, 5) is 26.0. The molecule has 1 aliphatic heterocycles. The van der Waals surface area contributed by atoms with Crippen LogP contribution in [0, 0.1) is 0 Å². The third-order valence-corrected chi connectivity index (χ3v) is 6.04. The molecule has 2 aromatic rings. The zero-order valence-electron chi connectivity index (χ0n) is 14.5. The van der Waals surface area contributed by atoms with Gasteiger partial charge in [0.1, 0.15) is 0 Å². The van der Waals surface area contributed by atoms with Crippen LogP contribution < -0.4 is 0 Å². The van der Waals surface area contributed by atoms with Crippen LogP contribution in [-0.4, -0.2) is 49.2 Å². The molecule has 0 spiro atoms. The predicted molar refractivity (Wildman–Crippen MR) is 97.1 cm³/mol. The molecule has 8 heteroatoms. The Bertz CT molecular complexity index is 780. The molecule has 1 saturated carbocycles. The van der Waals surface area contributed by atoms with E-state index < -0.39 is 0 Å². The maximum Gasteiger partial charge on any atom is 0.261 e. The number of nitrogens with zero attached hydrogens (tertiary/aromatic N) is 5. The molecular weight excluding hydrogens is 350 g/mol. The average Bonchev–Trinajstić information content (AvgIpc) is 3.38. The Labute approximate surface area is 156 Å². The fourth-order valence-corrected chi connectivity index (χ4v) is 4.58. The van der Waals surface area contributed by atoms with Crippen molar-refractivity contribution in [1.29, 1.82) is 0 Å². The predicted octanol–water partition coefficient (Wildman–Crippen LogP) is 2.96. The number of amides is 2. The largest absolute Gasteiger partial charge is 0.274 e. The number of hydrogen-bond acceptors (Lipinski definition) is 6. The highest BCUT2D eigenvalue weighted by atomic mass is 32.2. The number of hydrogen-bond donors (Lipinski definition) is 0. The van der Waals surface area contributed by atoms with Crippen LogP contribution in [0.5, 0.6) is 0 Å². The van der Waals surface area contributed by atoms with E-state index >= 15 is 0 Å². The van der Waals surface area contributed by atoms with Gasteiger partial charge in [0.25, 0.3) is 11.8 Å². The van der Waals surface area contributed by atoms with E-state index in [2.05, 4.69) is 15.5 Å². The van der Waals surface area contributed by atoms with E-state index in [-0.39, 0.29) is 11.8 Å². The summed E-state index contributed by atoms with van der Waals surface area (Å²) >= 11 is 1.65. The zero-order valence-corrected chi connectivity index (χ0v) is 15.3. The standard InChI is InChI=1S/C18H21N5O2S/c24-16-14-9-3-4-10-15(14)17(25)22(16)11-5-6-12-26-18-19-20-21-23(18)13-7-1-2-8-13/h3-4,9-10,13H,1-2,5-8,11-12H2. The first-order chi connectivity index (χ1) is 12.8. The Morgan fingerprint density at radius 2 is 1.73 bits per heavy atom. The second-order valence-electron chi connectivity index (χ2n) is 6.71. The molecule has 2 heterocycles. The van der Waals surface area contributed by atoms with Crippen molar-refractivity contribution in [2.24, 2.45) is 0 Å². The second-order valence-corrected chi connectivity index (χ2v) is 7.77. The van der Waals surface area contributed by atoms with Crippen LogP contribution in [0.1, 0.15) is 65.3 Å². The number of benzene rings is 1. The molecule has 1 aromatic heterocycles. The Morgan fingerprint density at radius 1 is 1.04 bits per heavy atom. The highest BCUT2D eigenvalue weighted by Gasteiger charge is 2.34. The van der Waals surface area contributed by atoms with E-state index in [1.165, 1.54) is 17.7 Å². The fraction of sp³-hybridized carbons (Fsp3) is 0.500. The maximum absolute atomic E-state index is 12.3. The third-order valence-electron chi connectivity index (χ3n) is 5.02. The summed E-state index contributed by atoms with van der Waals surface area (Å²) < 4.78 is 1.96. The minimum absolute atomic E-state index is 0.177. The number of tetrazole rings is 1. The quantitative estimate of drug-likeness (QED) is 0.423. The van der Waals surface area contributed by atoms with Gasteiger partial charge >= 0.3 is 0 Å². The van der Waals surface area contributed by atoms with Gasteiger partial charge in [-0.25, -0.2) is 4.68 Å². The lowest BCUT2D eigenvalue weighted by Gasteiger charge is -2.13. The summed E-state index contributed by atoms with van der Waals surface area (Å²) in [6.07, 6.45) is 6.47. The van der Waals surface area contributed by atoms with Gasteiger partial charge in [0.2, 0.25) is 5.16 Å². The molecule has 4 rings (SSSR count). The van der Waals surface area contributed by atoms with E-state index in [4.69, 9.17) is 0 Å². The number of imide groups is 1. The van der Waals surface area contributed by atoms with Crippen molar-refractivity contribution in [3.63, 3.8) is 0 Å². The van der Waals surface area contributed by atoms with Gasteiger partial charge in [0.15, 0.2) is 0 Å². The highest BCUT2D eigenvalue weighted by Crippen LogP contribution is 2.31. The normalized spacial score (nSPS) is 17.3. The Hall–Kier alpha value is -2.22. The van der Waals surface area contributed by atoms with Crippen LogP contribution in [-0.2, 0) is 0 Å². The van der Waals surface area contributed by atoms with Gasteiger partial charge in [-0.15, -0.1) is 5.10 Å². The minimum Gasteiger partial charge on any atom is -0.274 e. The van der Waals surface area contributed by atoms with Gasteiger partial charge < -0.3 is 0 Å². The average molecular weight is 371 g/mol. The summed E-state index contributed by atoms with van der Waals surface area (Å²) in [6, 6.07) is 7.45. The minimum atomic E-state index is -0.177. The van der Waals surface area contributed by atoms with Gasteiger partial charge in [-0.2, -0.15) is 0 Å². The third kappa shape index (κ3) is 3.25. The molecule has 1 aliphatic carbocycles. The fourth-order valence-electron chi connectivity index (χ4n) is 3.64. The first-order valence-electron chi connectivity index (χ1n) is 9.11. The van der Waals surface area contributed by atoms with Gasteiger partial charge in [0, 0.05) is 12.3 Å². The molecule has 1 aromatic carbocycles. The monoisotopic (exact) mass is 371 g/mol. The molecule has 26 heavy (non-hydrogen) atoms. The van der Waals surface area contributed by atoms with E-state index in [1.54, 1.807) is 36.0 Å². The van der Waals surface area contributed by atoms with Crippen molar-refractivity contribution in [1.82, 2.24) is 25.1 Å². The van der Waals surface area contributed by atoms with Crippen LogP contribution in [0.15, 0.2) is 29.4 Å². The SMILES string of the molecule is O=C1c2ccccc2C(=O)N1CCCCSc1nnnn1C1CCCC1. The van der Waals surface area contributed by atoms with Gasteiger partial charge in [0.05, 0.1) is 17.2 Å². The van der Waals surface area contributed by atoms with Gasteiger partial charge in [-0.3, -0.25) is 14.5 Å². The maximum atomic E-state index is 12.3. The number of rotatable bonds is 7. The van der Waals surface area contributed by atoms with Crippen molar-refractivity contribution in [3.8, 4) is 0 Å². The van der Waals surface area contributed by atoms with Crippen LogP contribution >= 0.6 is 11.8 Å². The van der Waals surface area contributed by atoms with Crippen molar-refractivity contribution < 1.29 is 9.59 Å². The molecule has 0 radical (unpaired) electrons. The Kier molecular flexibility index (Phi) is 5.01. The summed E-state index contributed by atoms with van der Waals surface area (Å²) in [5.41, 5.74) is 1.03. The van der Waals surface area contributed by atoms with Crippen LogP contribution in [0.4, 0.5) is 0 Å². The summed E-state index contributed by atoms with van der Waals surface area (Å²) in [7, 11) is 0. The molecule has 0 saturated heterocycles. The van der Waals surface area contributed by atoms with E-state index in [1.807, 2.05) is 4.68 Å². The van der Waals surface area contributed by atoms with Crippen molar-refractivity contribution >= 4 is 23.6 Å². The van der Waals surface area contributed by atoms with Crippen LogP contribution in [0.2, 0.25) is 0 Å². The molecule has 2 aliphatic rings. The molecule has 1 fully saturated rings. The molecule has 0 atom stereocenters. The summed E-state index contributed by atoms with van der Waals surface area (Å²) in [5.74, 6) is 0.517. The van der Waals surface area contributed by atoms with E-state index in [0.29, 0.717) is 23.7 Å². The number of thioether (sulfide) groups is 1. The lowest BCUT2D eigenvalue weighted by atomic mass is 10.1. The molecule has 7 nitrogen and oxygen atoms in total. The van der Waals surface area contributed by atoms with Crippen LogP contribution in [0.25, 0.3) is 0 Å². The smallest absolute Gasteiger partial charge is 0.261 e. The highest BCUT2D eigenvalue weighted by molar-refractivity contribution is 7.99. The summed E-state index contributed by atoms with van der Waals surface area (Å²) in [5, 5.41) is 13.0. The second kappa shape index (κ2) is 7.57. The number of carbonyl (C=O) groups excluding carboxylic acids is 2. The lowest BCUT2D eigenvalue weighted by Crippen LogP contribution is -2.30. The molecule has 0 bridgehead atoms. The number of carbonyl (C=O) groups is 2. The molecule has 136 valence electrons. The molecule has 0 unspecified atom stereocenters. The van der Waals surface area contributed by atoms with Gasteiger partial charge in [-0.1, -0.05) is 36.7 Å².